The van der Waals surface area contributed by atoms with Gasteiger partial charge < -0.3 is 10.1 Å². The van der Waals surface area contributed by atoms with Crippen molar-refractivity contribution < 1.29 is 17.9 Å². The summed E-state index contributed by atoms with van der Waals surface area (Å²) in [6.45, 7) is 1.34. The van der Waals surface area contributed by atoms with Gasteiger partial charge in [0.25, 0.3) is 5.91 Å². The summed E-state index contributed by atoms with van der Waals surface area (Å²) in [4.78, 5) is 13.0. The van der Waals surface area contributed by atoms with Gasteiger partial charge in [-0.05, 0) is 55.4 Å². The van der Waals surface area contributed by atoms with Crippen molar-refractivity contribution in [2.24, 2.45) is 0 Å². The first-order valence-electron chi connectivity index (χ1n) is 10.7. The molecule has 0 bridgehead atoms. The third kappa shape index (κ3) is 5.12. The van der Waals surface area contributed by atoms with E-state index in [2.05, 4.69) is 29.6 Å². The van der Waals surface area contributed by atoms with Crippen molar-refractivity contribution >= 4 is 27.5 Å². The number of nitrogens with one attached hydrogen (secondary N) is 1. The molecule has 166 valence electrons. The summed E-state index contributed by atoms with van der Waals surface area (Å²) in [5.41, 5.74) is 1.54. The van der Waals surface area contributed by atoms with E-state index in [4.69, 9.17) is 16.3 Å². The maximum absolute atomic E-state index is 12.9. The van der Waals surface area contributed by atoms with Gasteiger partial charge in [0.15, 0.2) is 0 Å². The van der Waals surface area contributed by atoms with E-state index in [-0.39, 0.29) is 27.4 Å². The maximum Gasteiger partial charge on any atom is 0.253 e. The minimum Gasteiger partial charge on any atom is -0.379 e. The second-order valence-electron chi connectivity index (χ2n) is 8.09. The zero-order valence-electron chi connectivity index (χ0n) is 17.3. The molecule has 2 aromatic rings. The lowest BCUT2D eigenvalue weighted by atomic mass is 9.82. The first-order chi connectivity index (χ1) is 14.9. The van der Waals surface area contributed by atoms with Crippen LogP contribution < -0.4 is 5.32 Å². The number of halogens is 1. The van der Waals surface area contributed by atoms with E-state index in [0.29, 0.717) is 32.2 Å². The fourth-order valence-corrected chi connectivity index (χ4v) is 5.97. The number of carbonyl (C=O) groups is 1. The summed E-state index contributed by atoms with van der Waals surface area (Å²) in [5.74, 6) is 0.187. The lowest BCUT2D eigenvalue weighted by Crippen LogP contribution is -2.41. The molecule has 2 aromatic carbocycles. The standard InChI is InChI=1S/C23H27ClN2O4S/c24-22-11-10-20(31(28,29)26-12-14-30-15-13-26)16-21(22)23(27)25-19-8-6-18(7-9-19)17-4-2-1-3-5-17/h1-5,10-11,16,18-19H,6-9,12-15H2,(H,25,27). The molecule has 6 nitrogen and oxygen atoms in total. The number of ether oxygens (including phenoxy) is 1. The summed E-state index contributed by atoms with van der Waals surface area (Å²) in [7, 11) is -3.69. The molecule has 1 N–H and O–H groups in total. The van der Waals surface area contributed by atoms with Gasteiger partial charge in [-0.3, -0.25) is 4.79 Å². The van der Waals surface area contributed by atoms with Gasteiger partial charge in [0.05, 0.1) is 28.7 Å². The van der Waals surface area contributed by atoms with Gasteiger partial charge in [0, 0.05) is 19.1 Å². The van der Waals surface area contributed by atoms with Crippen molar-refractivity contribution in [3.63, 3.8) is 0 Å². The second-order valence-corrected chi connectivity index (χ2v) is 10.4. The Hall–Kier alpha value is -1.93. The molecule has 8 heteroatoms. The SMILES string of the molecule is O=C(NC1CCC(c2ccccc2)CC1)c1cc(S(=O)(=O)N2CCOCC2)ccc1Cl. The lowest BCUT2D eigenvalue weighted by Gasteiger charge is -2.29. The highest BCUT2D eigenvalue weighted by molar-refractivity contribution is 7.89. The first kappa shape index (κ1) is 22.3. The van der Waals surface area contributed by atoms with E-state index in [1.54, 1.807) is 0 Å². The number of amides is 1. The quantitative estimate of drug-likeness (QED) is 0.732. The van der Waals surface area contributed by atoms with Crippen molar-refractivity contribution in [1.82, 2.24) is 9.62 Å². The highest BCUT2D eigenvalue weighted by atomic mass is 35.5. The Labute approximate surface area is 188 Å². The Morgan fingerprint density at radius 3 is 2.35 bits per heavy atom. The average Bonchev–Trinajstić information content (AvgIpc) is 2.81. The number of nitrogens with zero attached hydrogens (tertiary/aromatic N) is 1. The van der Waals surface area contributed by atoms with Crippen LogP contribution in [0.1, 0.15) is 47.5 Å². The van der Waals surface area contributed by atoms with Crippen LogP contribution in [0.25, 0.3) is 0 Å². The lowest BCUT2D eigenvalue weighted by molar-refractivity contribution is 0.0730. The molecular formula is C23H27ClN2O4S. The Bertz CT molecular complexity index is 1020. The van der Waals surface area contributed by atoms with Gasteiger partial charge in [-0.1, -0.05) is 41.9 Å². The first-order valence-corrected chi connectivity index (χ1v) is 12.5. The van der Waals surface area contributed by atoms with Crippen molar-refractivity contribution in [2.75, 3.05) is 26.3 Å². The zero-order valence-corrected chi connectivity index (χ0v) is 18.9. The zero-order chi connectivity index (χ0) is 21.8. The molecule has 0 spiro atoms. The van der Waals surface area contributed by atoms with Gasteiger partial charge in [-0.15, -0.1) is 0 Å². The largest absolute Gasteiger partial charge is 0.379 e. The van der Waals surface area contributed by atoms with Gasteiger partial charge in [-0.2, -0.15) is 4.31 Å². The van der Waals surface area contributed by atoms with E-state index in [1.165, 1.54) is 28.1 Å². The van der Waals surface area contributed by atoms with E-state index in [0.717, 1.165) is 25.7 Å². The number of hydrogen-bond acceptors (Lipinski definition) is 4. The molecule has 0 radical (unpaired) electrons. The molecule has 1 heterocycles. The fraction of sp³-hybridized carbons (Fsp3) is 0.435. The number of benzene rings is 2. The molecule has 2 aliphatic rings. The third-order valence-corrected chi connectivity index (χ3v) is 8.35. The molecule has 1 amide bonds. The van der Waals surface area contributed by atoms with Gasteiger partial charge in [-0.25, -0.2) is 8.42 Å². The van der Waals surface area contributed by atoms with Crippen LogP contribution in [-0.4, -0.2) is 51.0 Å². The molecule has 1 saturated carbocycles. The summed E-state index contributed by atoms with van der Waals surface area (Å²) >= 11 is 6.26. The molecule has 2 fully saturated rings. The van der Waals surface area contributed by atoms with E-state index < -0.39 is 10.0 Å². The predicted octanol–water partition coefficient (Wildman–Crippen LogP) is 3.82. The highest BCUT2D eigenvalue weighted by Gasteiger charge is 2.29. The van der Waals surface area contributed by atoms with Crippen LogP contribution in [0, 0.1) is 0 Å². The molecule has 31 heavy (non-hydrogen) atoms. The van der Waals surface area contributed by atoms with Crippen molar-refractivity contribution in [3.8, 4) is 0 Å². The molecule has 0 aromatic heterocycles. The maximum atomic E-state index is 12.9. The Balaban J connectivity index is 1.42. The van der Waals surface area contributed by atoms with Crippen LogP contribution in [-0.2, 0) is 14.8 Å². The Kier molecular flexibility index (Phi) is 6.96. The van der Waals surface area contributed by atoms with Gasteiger partial charge >= 0.3 is 0 Å². The van der Waals surface area contributed by atoms with Crippen LogP contribution in [0.15, 0.2) is 53.4 Å². The van der Waals surface area contributed by atoms with Crippen LogP contribution in [0.5, 0.6) is 0 Å². The van der Waals surface area contributed by atoms with Crippen LogP contribution in [0.4, 0.5) is 0 Å². The van der Waals surface area contributed by atoms with Crippen molar-refractivity contribution in [2.45, 2.75) is 42.5 Å². The molecular weight excluding hydrogens is 436 g/mol. The van der Waals surface area contributed by atoms with E-state index in [9.17, 15) is 13.2 Å². The summed E-state index contributed by atoms with van der Waals surface area (Å²) < 4.78 is 32.5. The molecule has 4 rings (SSSR count). The minimum atomic E-state index is -3.69. The Morgan fingerprint density at radius 1 is 1.00 bits per heavy atom. The number of rotatable bonds is 5. The highest BCUT2D eigenvalue weighted by Crippen LogP contribution is 2.33. The molecule has 0 atom stereocenters. The second kappa shape index (κ2) is 9.69. The van der Waals surface area contributed by atoms with Gasteiger partial charge in [0.1, 0.15) is 0 Å². The Morgan fingerprint density at radius 2 is 1.68 bits per heavy atom. The van der Waals surface area contributed by atoms with Crippen LogP contribution in [0.2, 0.25) is 5.02 Å². The fourth-order valence-electron chi connectivity index (χ4n) is 4.33. The molecule has 1 saturated heterocycles. The molecule has 0 unspecified atom stereocenters. The predicted molar refractivity (Wildman–Crippen MR) is 120 cm³/mol. The van der Waals surface area contributed by atoms with E-state index >= 15 is 0 Å². The van der Waals surface area contributed by atoms with Crippen LogP contribution >= 0.6 is 11.6 Å². The van der Waals surface area contributed by atoms with E-state index in [1.807, 2.05) is 6.07 Å². The monoisotopic (exact) mass is 462 g/mol. The number of hydrogen-bond donors (Lipinski definition) is 1. The molecule has 1 aliphatic heterocycles. The number of morpholine rings is 1. The van der Waals surface area contributed by atoms with Crippen molar-refractivity contribution in [1.29, 1.82) is 0 Å². The average molecular weight is 463 g/mol. The number of carbonyl (C=O) groups excluding carboxylic acids is 1. The smallest absolute Gasteiger partial charge is 0.253 e. The summed E-state index contributed by atoms with van der Waals surface area (Å²) in [6.07, 6.45) is 3.78. The third-order valence-electron chi connectivity index (χ3n) is 6.12. The number of sulfonamides is 1. The van der Waals surface area contributed by atoms with Crippen LogP contribution in [0.3, 0.4) is 0 Å². The molecule has 1 aliphatic carbocycles. The minimum absolute atomic E-state index is 0.0584. The summed E-state index contributed by atoms with van der Waals surface area (Å²) in [5, 5.41) is 3.30. The normalized spacial score (nSPS) is 22.7. The van der Waals surface area contributed by atoms with Gasteiger partial charge in [0.2, 0.25) is 10.0 Å². The van der Waals surface area contributed by atoms with Crippen molar-refractivity contribution in [3.05, 3.63) is 64.7 Å². The topological polar surface area (TPSA) is 75.7 Å². The summed E-state index contributed by atoms with van der Waals surface area (Å²) in [6, 6.07) is 14.8.